The highest BCUT2D eigenvalue weighted by atomic mass is 32.2. The van der Waals surface area contributed by atoms with Crippen LogP contribution >= 0.6 is 23.1 Å². The number of benzene rings is 1. The predicted molar refractivity (Wildman–Crippen MR) is 130 cm³/mol. The van der Waals surface area contributed by atoms with Gasteiger partial charge in [0.1, 0.15) is 0 Å². The third-order valence-corrected chi connectivity index (χ3v) is 7.80. The zero-order chi connectivity index (χ0) is 22.0. The molecule has 0 aliphatic heterocycles. The Morgan fingerprint density at radius 1 is 1.29 bits per heavy atom. The van der Waals surface area contributed by atoms with Crippen molar-refractivity contribution < 1.29 is 4.79 Å². The summed E-state index contributed by atoms with van der Waals surface area (Å²) in [5, 5.41) is 15.0. The third-order valence-electron chi connectivity index (χ3n) is 5.80. The van der Waals surface area contributed by atoms with Crippen LogP contribution < -0.4 is 5.32 Å². The van der Waals surface area contributed by atoms with Crippen LogP contribution in [0, 0.1) is 5.92 Å². The van der Waals surface area contributed by atoms with Crippen LogP contribution in [0.3, 0.4) is 0 Å². The Balaban J connectivity index is 1.48. The summed E-state index contributed by atoms with van der Waals surface area (Å²) in [5.74, 6) is 1.96. The van der Waals surface area contributed by atoms with E-state index in [9.17, 15) is 4.79 Å². The van der Waals surface area contributed by atoms with E-state index in [0.717, 1.165) is 41.8 Å². The Bertz CT molecular complexity index is 1050. The van der Waals surface area contributed by atoms with Crippen molar-refractivity contribution in [3.63, 3.8) is 0 Å². The average Bonchev–Trinajstić information content (AvgIpc) is 3.36. The molecule has 1 amide bonds. The first-order valence-corrected chi connectivity index (χ1v) is 12.9. The van der Waals surface area contributed by atoms with E-state index in [-0.39, 0.29) is 11.9 Å². The first kappa shape index (κ1) is 22.1. The Hall–Kier alpha value is -2.12. The van der Waals surface area contributed by atoms with Gasteiger partial charge in [0.15, 0.2) is 11.0 Å². The Kier molecular flexibility index (Phi) is 6.82. The molecular weight excluding hydrogens is 424 g/mol. The van der Waals surface area contributed by atoms with Crippen LogP contribution in [0.2, 0.25) is 0 Å². The van der Waals surface area contributed by atoms with Gasteiger partial charge in [0.25, 0.3) is 0 Å². The number of anilines is 1. The van der Waals surface area contributed by atoms with E-state index in [1.165, 1.54) is 39.8 Å². The number of amides is 1. The number of nitrogens with one attached hydrogen (secondary N) is 1. The van der Waals surface area contributed by atoms with Gasteiger partial charge < -0.3 is 5.32 Å². The van der Waals surface area contributed by atoms with E-state index in [2.05, 4.69) is 53.2 Å². The van der Waals surface area contributed by atoms with E-state index in [1.807, 2.05) is 35.6 Å². The number of carbonyl (C=O) groups is 1. The highest BCUT2D eigenvalue weighted by Crippen LogP contribution is 2.39. The van der Waals surface area contributed by atoms with Crippen molar-refractivity contribution >= 4 is 34.7 Å². The molecule has 0 spiro atoms. The molecule has 31 heavy (non-hydrogen) atoms. The molecule has 1 aromatic carbocycles. The maximum Gasteiger partial charge on any atom is 0.234 e. The summed E-state index contributed by atoms with van der Waals surface area (Å²) in [7, 11) is 0. The minimum atomic E-state index is -0.0315. The molecule has 5 nitrogen and oxygen atoms in total. The van der Waals surface area contributed by atoms with E-state index in [4.69, 9.17) is 0 Å². The summed E-state index contributed by atoms with van der Waals surface area (Å²) in [6.07, 6.45) is 4.50. The molecule has 0 fully saturated rings. The van der Waals surface area contributed by atoms with Gasteiger partial charge in [-0.2, -0.15) is 0 Å². The van der Waals surface area contributed by atoms with Crippen molar-refractivity contribution in [1.82, 2.24) is 14.8 Å². The lowest BCUT2D eigenvalue weighted by molar-refractivity contribution is -0.113. The van der Waals surface area contributed by atoms with Crippen LogP contribution in [-0.2, 0) is 24.1 Å². The smallest absolute Gasteiger partial charge is 0.234 e. The van der Waals surface area contributed by atoms with E-state index in [0.29, 0.717) is 5.75 Å². The van der Waals surface area contributed by atoms with Crippen molar-refractivity contribution in [2.24, 2.45) is 5.92 Å². The Labute approximate surface area is 192 Å². The van der Waals surface area contributed by atoms with E-state index < -0.39 is 0 Å². The largest absolute Gasteiger partial charge is 0.325 e. The van der Waals surface area contributed by atoms with Gasteiger partial charge in [-0.1, -0.05) is 37.7 Å². The molecule has 1 N–H and O–H groups in total. The number of thiophene rings is 1. The van der Waals surface area contributed by atoms with Gasteiger partial charge in [-0.3, -0.25) is 9.36 Å². The molecular formula is C24H30N4OS2. The number of rotatable bonds is 7. The van der Waals surface area contributed by atoms with Gasteiger partial charge in [-0.15, -0.1) is 21.5 Å². The molecule has 164 valence electrons. The quantitative estimate of drug-likeness (QED) is 0.444. The standard InChI is InChI=1S/C24H30N4OS2/c1-5-17-7-9-18(10-8-17)25-22(29)14-31-24-27-26-23(28(24)15(2)3)20-13-30-21-12-16(4)6-11-19(20)21/h7-10,13,15-16H,5-6,11-12,14H2,1-4H3,(H,25,29). The van der Waals surface area contributed by atoms with Crippen molar-refractivity contribution in [3.05, 3.63) is 45.6 Å². The molecule has 3 aromatic rings. The highest BCUT2D eigenvalue weighted by Gasteiger charge is 2.25. The number of aryl methyl sites for hydroxylation is 1. The summed E-state index contributed by atoms with van der Waals surface area (Å²) < 4.78 is 2.17. The van der Waals surface area contributed by atoms with Gasteiger partial charge in [0.05, 0.1) is 5.75 Å². The van der Waals surface area contributed by atoms with Crippen molar-refractivity contribution in [2.45, 2.75) is 64.6 Å². The zero-order valence-corrected chi connectivity index (χ0v) is 20.3. The lowest BCUT2D eigenvalue weighted by Crippen LogP contribution is -2.15. The van der Waals surface area contributed by atoms with E-state index >= 15 is 0 Å². The molecule has 0 saturated carbocycles. The first-order valence-electron chi connectivity index (χ1n) is 11.0. The molecule has 0 saturated heterocycles. The average molecular weight is 455 g/mol. The SMILES string of the molecule is CCc1ccc(NC(=O)CSc2nnc(-c3csc4c3CCC(C)C4)n2C(C)C)cc1. The minimum absolute atomic E-state index is 0.0315. The zero-order valence-electron chi connectivity index (χ0n) is 18.6. The summed E-state index contributed by atoms with van der Waals surface area (Å²) in [5.41, 5.74) is 4.76. The highest BCUT2D eigenvalue weighted by molar-refractivity contribution is 7.99. The number of carbonyl (C=O) groups excluding carboxylic acids is 1. The normalized spacial score (nSPS) is 15.8. The van der Waals surface area contributed by atoms with Crippen LogP contribution in [0.4, 0.5) is 5.69 Å². The van der Waals surface area contributed by atoms with Crippen molar-refractivity contribution in [3.8, 4) is 11.4 Å². The van der Waals surface area contributed by atoms with Gasteiger partial charge >= 0.3 is 0 Å². The second-order valence-electron chi connectivity index (χ2n) is 8.56. The fraction of sp³-hybridized carbons (Fsp3) is 0.458. The number of nitrogens with zero attached hydrogens (tertiary/aromatic N) is 3. The maximum atomic E-state index is 12.5. The minimum Gasteiger partial charge on any atom is -0.325 e. The first-order chi connectivity index (χ1) is 15.0. The van der Waals surface area contributed by atoms with Crippen LogP contribution in [0.5, 0.6) is 0 Å². The number of hydrogen-bond acceptors (Lipinski definition) is 5. The fourth-order valence-corrected chi connectivity index (χ4v) is 6.15. The molecule has 1 atom stereocenters. The van der Waals surface area contributed by atoms with Crippen LogP contribution in [0.15, 0.2) is 34.8 Å². The second-order valence-corrected chi connectivity index (χ2v) is 10.5. The molecule has 1 unspecified atom stereocenters. The second kappa shape index (κ2) is 9.57. The molecule has 2 aromatic heterocycles. The number of fused-ring (bicyclic) bond motifs is 1. The van der Waals surface area contributed by atoms with Crippen LogP contribution in [0.25, 0.3) is 11.4 Å². The number of aromatic nitrogens is 3. The summed E-state index contributed by atoms with van der Waals surface area (Å²) >= 11 is 3.30. The van der Waals surface area contributed by atoms with E-state index in [1.54, 1.807) is 0 Å². The molecule has 1 aliphatic rings. The van der Waals surface area contributed by atoms with Gasteiger partial charge in [-0.25, -0.2) is 0 Å². The third kappa shape index (κ3) is 4.88. The summed E-state index contributed by atoms with van der Waals surface area (Å²) in [4.78, 5) is 14.0. The summed E-state index contributed by atoms with van der Waals surface area (Å²) in [6.45, 7) is 8.74. The lowest BCUT2D eigenvalue weighted by atomic mass is 9.88. The maximum absolute atomic E-state index is 12.5. The topological polar surface area (TPSA) is 59.8 Å². The Morgan fingerprint density at radius 2 is 2.06 bits per heavy atom. The molecule has 4 rings (SSSR count). The molecule has 0 radical (unpaired) electrons. The van der Waals surface area contributed by atoms with Gasteiger partial charge in [0.2, 0.25) is 5.91 Å². The van der Waals surface area contributed by atoms with Crippen molar-refractivity contribution in [1.29, 1.82) is 0 Å². The number of hydrogen-bond donors (Lipinski definition) is 1. The fourth-order valence-electron chi connectivity index (χ4n) is 4.04. The van der Waals surface area contributed by atoms with Crippen LogP contribution in [-0.4, -0.2) is 26.4 Å². The summed E-state index contributed by atoms with van der Waals surface area (Å²) in [6, 6.07) is 8.22. The van der Waals surface area contributed by atoms with Crippen molar-refractivity contribution in [2.75, 3.05) is 11.1 Å². The lowest BCUT2D eigenvalue weighted by Gasteiger charge is -2.19. The monoisotopic (exact) mass is 454 g/mol. The predicted octanol–water partition coefficient (Wildman–Crippen LogP) is 6.01. The molecule has 2 heterocycles. The van der Waals surface area contributed by atoms with Crippen LogP contribution in [0.1, 0.15) is 56.2 Å². The molecule has 0 bridgehead atoms. The Morgan fingerprint density at radius 3 is 2.77 bits per heavy atom. The molecule has 7 heteroatoms. The number of thioether (sulfide) groups is 1. The molecule has 1 aliphatic carbocycles. The van der Waals surface area contributed by atoms with Gasteiger partial charge in [0, 0.05) is 27.5 Å². The van der Waals surface area contributed by atoms with Gasteiger partial charge in [-0.05, 0) is 68.7 Å².